The van der Waals surface area contributed by atoms with Crippen molar-refractivity contribution in [1.82, 2.24) is 8.87 Å². The van der Waals surface area contributed by atoms with Crippen LogP contribution in [0.2, 0.25) is 0 Å². The summed E-state index contributed by atoms with van der Waals surface area (Å²) < 4.78 is 40.0. The molecule has 164 valence electrons. The highest BCUT2D eigenvalue weighted by molar-refractivity contribution is 7.89. The first kappa shape index (κ1) is 21.5. The zero-order chi connectivity index (χ0) is 22.2. The van der Waals surface area contributed by atoms with E-state index in [0.717, 1.165) is 21.6 Å². The summed E-state index contributed by atoms with van der Waals surface area (Å²) in [6.07, 6.45) is 0. The van der Waals surface area contributed by atoms with Crippen LogP contribution < -0.4 is 14.9 Å². The molecule has 1 N–H and O–H groups in total. The number of ether oxygens (including phenoxy) is 2. The molecule has 1 aromatic heterocycles. The lowest BCUT2D eigenvalue weighted by Gasteiger charge is -2.26. The molecule has 0 bridgehead atoms. The van der Waals surface area contributed by atoms with E-state index in [1.54, 1.807) is 25.2 Å². The highest BCUT2D eigenvalue weighted by atomic mass is 32.2. The number of carbonyl (C=O) groups is 1. The van der Waals surface area contributed by atoms with Crippen molar-refractivity contribution in [1.29, 1.82) is 0 Å². The number of amides is 1. The lowest BCUT2D eigenvalue weighted by molar-refractivity contribution is 0.0730. The van der Waals surface area contributed by atoms with E-state index in [2.05, 4.69) is 5.32 Å². The molecule has 1 amide bonds. The zero-order valence-electron chi connectivity index (χ0n) is 17.0. The first-order valence-corrected chi connectivity index (χ1v) is 11.7. The lowest BCUT2D eigenvalue weighted by atomic mass is 10.1. The zero-order valence-corrected chi connectivity index (χ0v) is 18.6. The summed E-state index contributed by atoms with van der Waals surface area (Å²) in [4.78, 5) is 24.7. The fraction of sp³-hybridized carbons (Fsp3) is 0.300. The third kappa shape index (κ3) is 4.09. The van der Waals surface area contributed by atoms with E-state index in [9.17, 15) is 18.0 Å². The predicted octanol–water partition coefficient (Wildman–Crippen LogP) is 1.88. The number of morpholine rings is 1. The molecule has 31 heavy (non-hydrogen) atoms. The number of thiazole rings is 1. The number of nitrogens with one attached hydrogen (secondary N) is 1. The number of hydrogen-bond acceptors (Lipinski definition) is 7. The Morgan fingerprint density at radius 2 is 1.90 bits per heavy atom. The minimum Gasteiger partial charge on any atom is -0.496 e. The van der Waals surface area contributed by atoms with Crippen molar-refractivity contribution < 1.29 is 22.7 Å². The molecule has 0 radical (unpaired) electrons. The number of aryl methyl sites for hydroxylation is 1. The van der Waals surface area contributed by atoms with E-state index in [0.29, 0.717) is 18.9 Å². The lowest BCUT2D eigenvalue weighted by Crippen LogP contribution is -2.40. The molecule has 0 unspecified atom stereocenters. The van der Waals surface area contributed by atoms with Gasteiger partial charge in [-0.15, -0.1) is 0 Å². The number of carbonyl (C=O) groups excluding carboxylic acids is 1. The Bertz CT molecular complexity index is 1310. The summed E-state index contributed by atoms with van der Waals surface area (Å²) >= 11 is 1.08. The molecule has 2 heterocycles. The van der Waals surface area contributed by atoms with Crippen LogP contribution in [-0.4, -0.2) is 56.6 Å². The van der Waals surface area contributed by atoms with Gasteiger partial charge in [-0.1, -0.05) is 11.3 Å². The van der Waals surface area contributed by atoms with Crippen LogP contribution in [0.4, 0.5) is 5.69 Å². The minimum absolute atomic E-state index is 0.0112. The Labute approximate surface area is 182 Å². The molecule has 1 saturated heterocycles. The van der Waals surface area contributed by atoms with Crippen molar-refractivity contribution >= 4 is 43.2 Å². The molecule has 0 atom stereocenters. The molecule has 4 rings (SSSR count). The van der Waals surface area contributed by atoms with Crippen molar-refractivity contribution in [3.05, 3.63) is 51.6 Å². The van der Waals surface area contributed by atoms with Crippen molar-refractivity contribution in [3.8, 4) is 5.75 Å². The number of sulfonamides is 1. The number of hydrogen-bond donors (Lipinski definition) is 1. The number of aromatic nitrogens is 1. The summed E-state index contributed by atoms with van der Waals surface area (Å²) in [7, 11) is -0.667. The quantitative estimate of drug-likeness (QED) is 0.619. The number of benzene rings is 2. The van der Waals surface area contributed by atoms with Crippen molar-refractivity contribution in [2.24, 2.45) is 7.05 Å². The van der Waals surface area contributed by atoms with E-state index >= 15 is 0 Å². The summed E-state index contributed by atoms with van der Waals surface area (Å²) in [5.74, 6) is -0.262. The van der Waals surface area contributed by atoms with Crippen LogP contribution in [0.1, 0.15) is 10.4 Å². The van der Waals surface area contributed by atoms with Crippen LogP contribution in [0.25, 0.3) is 10.2 Å². The van der Waals surface area contributed by atoms with E-state index in [-0.39, 0.29) is 34.2 Å². The van der Waals surface area contributed by atoms with Crippen LogP contribution >= 0.6 is 11.3 Å². The first-order chi connectivity index (χ1) is 14.8. The fourth-order valence-electron chi connectivity index (χ4n) is 3.37. The molecular formula is C20H21N3O6S2. The molecule has 0 aliphatic carbocycles. The second kappa shape index (κ2) is 8.42. The maximum Gasteiger partial charge on any atom is 0.307 e. The third-order valence-electron chi connectivity index (χ3n) is 5.07. The number of methoxy groups -OCH3 is 1. The third-order valence-corrected chi connectivity index (χ3v) is 7.96. The topological polar surface area (TPSA) is 107 Å². The van der Waals surface area contributed by atoms with Gasteiger partial charge in [0.1, 0.15) is 5.75 Å². The Morgan fingerprint density at radius 3 is 2.61 bits per heavy atom. The molecular weight excluding hydrogens is 442 g/mol. The summed E-state index contributed by atoms with van der Waals surface area (Å²) in [6, 6.07) is 9.35. The van der Waals surface area contributed by atoms with E-state index in [1.807, 2.05) is 0 Å². The summed E-state index contributed by atoms with van der Waals surface area (Å²) in [6.45, 7) is 1.18. The van der Waals surface area contributed by atoms with Crippen molar-refractivity contribution in [3.63, 3.8) is 0 Å². The Morgan fingerprint density at radius 1 is 1.16 bits per heavy atom. The summed E-state index contributed by atoms with van der Waals surface area (Å²) in [5.41, 5.74) is 1.35. The largest absolute Gasteiger partial charge is 0.496 e. The fourth-order valence-corrected chi connectivity index (χ4v) is 5.72. The molecule has 9 nitrogen and oxygen atoms in total. The van der Waals surface area contributed by atoms with Gasteiger partial charge < -0.3 is 19.4 Å². The number of fused-ring (bicyclic) bond motifs is 1. The number of anilines is 1. The van der Waals surface area contributed by atoms with Crippen LogP contribution in [0.15, 0.2) is 46.1 Å². The maximum absolute atomic E-state index is 13.0. The van der Waals surface area contributed by atoms with Gasteiger partial charge in [0, 0.05) is 25.8 Å². The molecule has 1 fully saturated rings. The molecule has 0 saturated carbocycles. The molecule has 11 heteroatoms. The average molecular weight is 464 g/mol. The highest BCUT2D eigenvalue weighted by Gasteiger charge is 2.28. The smallest absolute Gasteiger partial charge is 0.307 e. The van der Waals surface area contributed by atoms with E-state index in [4.69, 9.17) is 9.47 Å². The van der Waals surface area contributed by atoms with Gasteiger partial charge in [-0.2, -0.15) is 4.31 Å². The summed E-state index contributed by atoms with van der Waals surface area (Å²) in [5, 5.41) is 2.76. The van der Waals surface area contributed by atoms with Crippen LogP contribution in [0.5, 0.6) is 5.75 Å². The molecule has 2 aromatic carbocycles. The average Bonchev–Trinajstić information content (AvgIpc) is 3.06. The maximum atomic E-state index is 13.0. The van der Waals surface area contributed by atoms with Gasteiger partial charge in [-0.05, 0) is 36.4 Å². The first-order valence-electron chi connectivity index (χ1n) is 9.48. The molecule has 3 aromatic rings. The molecule has 1 aliphatic heterocycles. The monoisotopic (exact) mass is 463 g/mol. The molecule has 0 spiro atoms. The highest BCUT2D eigenvalue weighted by Crippen LogP contribution is 2.27. The van der Waals surface area contributed by atoms with Gasteiger partial charge in [-0.25, -0.2) is 8.42 Å². The Balaban J connectivity index is 1.65. The second-order valence-electron chi connectivity index (χ2n) is 6.94. The Kier molecular flexibility index (Phi) is 5.84. The van der Waals surface area contributed by atoms with Crippen LogP contribution in [0, 0.1) is 0 Å². The number of nitrogens with zero attached hydrogens (tertiary/aromatic N) is 2. The second-order valence-corrected chi connectivity index (χ2v) is 9.87. The molecule has 1 aliphatic rings. The van der Waals surface area contributed by atoms with Gasteiger partial charge in [0.05, 0.1) is 41.0 Å². The van der Waals surface area contributed by atoms with Crippen molar-refractivity contribution in [2.45, 2.75) is 4.90 Å². The Hall–Kier alpha value is -2.73. The normalized spacial score (nSPS) is 15.2. The van der Waals surface area contributed by atoms with Gasteiger partial charge >= 0.3 is 4.87 Å². The van der Waals surface area contributed by atoms with Crippen LogP contribution in [-0.2, 0) is 21.8 Å². The standard InChI is InChI=1S/C20H21N3O6S2/c1-22-16-5-3-13(11-18(16)30-20(22)25)21-19(24)15-12-14(4-6-17(15)28-2)31(26,27)23-7-9-29-10-8-23/h3-6,11-12H,7-10H2,1-2H3,(H,21,24). The van der Waals surface area contributed by atoms with Gasteiger partial charge in [0.25, 0.3) is 5.91 Å². The SMILES string of the molecule is COc1ccc(S(=O)(=O)N2CCOCC2)cc1C(=O)Nc1ccc2c(c1)sc(=O)n2C. The van der Waals surface area contributed by atoms with Crippen LogP contribution in [0.3, 0.4) is 0 Å². The van der Waals surface area contributed by atoms with Crippen molar-refractivity contribution in [2.75, 3.05) is 38.7 Å². The minimum atomic E-state index is -3.76. The number of rotatable bonds is 5. The predicted molar refractivity (Wildman–Crippen MR) is 118 cm³/mol. The van der Waals surface area contributed by atoms with Gasteiger partial charge in [0.15, 0.2) is 0 Å². The van der Waals surface area contributed by atoms with Gasteiger partial charge in [0.2, 0.25) is 10.0 Å². The van der Waals surface area contributed by atoms with E-state index in [1.165, 1.54) is 34.2 Å². The van der Waals surface area contributed by atoms with E-state index < -0.39 is 15.9 Å². The van der Waals surface area contributed by atoms with Gasteiger partial charge in [-0.3, -0.25) is 9.59 Å².